The van der Waals surface area contributed by atoms with E-state index in [9.17, 15) is 4.39 Å². The van der Waals surface area contributed by atoms with Crippen molar-refractivity contribution in [1.82, 2.24) is 9.80 Å². The SMILES string of the molecule is CC.CSc1cc(F)cc(CN2CCN(C(C)C)CC2)c1. The Morgan fingerprint density at radius 1 is 1.10 bits per heavy atom. The van der Waals surface area contributed by atoms with Gasteiger partial charge >= 0.3 is 0 Å². The summed E-state index contributed by atoms with van der Waals surface area (Å²) in [4.78, 5) is 5.92. The summed E-state index contributed by atoms with van der Waals surface area (Å²) in [6.45, 7) is 13.7. The van der Waals surface area contributed by atoms with Crippen molar-refractivity contribution >= 4 is 11.8 Å². The maximum atomic E-state index is 13.5. The largest absolute Gasteiger partial charge is 0.298 e. The molecule has 1 fully saturated rings. The Labute approximate surface area is 133 Å². The summed E-state index contributed by atoms with van der Waals surface area (Å²) in [5.41, 5.74) is 1.09. The first-order valence-electron chi connectivity index (χ1n) is 7.88. The van der Waals surface area contributed by atoms with Gasteiger partial charge in [-0.1, -0.05) is 13.8 Å². The van der Waals surface area contributed by atoms with Crippen molar-refractivity contribution in [3.8, 4) is 0 Å². The molecule has 1 aromatic carbocycles. The third-order valence-electron chi connectivity index (χ3n) is 3.71. The highest BCUT2D eigenvalue weighted by atomic mass is 32.2. The van der Waals surface area contributed by atoms with E-state index in [0.717, 1.165) is 43.2 Å². The molecule has 21 heavy (non-hydrogen) atoms. The molecular formula is C17H29FN2S. The van der Waals surface area contributed by atoms with Crippen molar-refractivity contribution < 1.29 is 4.39 Å². The van der Waals surface area contributed by atoms with E-state index in [2.05, 4.69) is 29.7 Å². The summed E-state index contributed by atoms with van der Waals surface area (Å²) in [6, 6.07) is 5.99. The Balaban J connectivity index is 0.00000106. The topological polar surface area (TPSA) is 6.48 Å². The first kappa shape index (κ1) is 18.5. The minimum atomic E-state index is -0.123. The number of benzene rings is 1. The molecule has 2 rings (SSSR count). The van der Waals surface area contributed by atoms with Crippen molar-refractivity contribution in [3.63, 3.8) is 0 Å². The maximum Gasteiger partial charge on any atom is 0.124 e. The number of rotatable bonds is 4. The van der Waals surface area contributed by atoms with Gasteiger partial charge < -0.3 is 0 Å². The normalized spacial score (nSPS) is 16.7. The van der Waals surface area contributed by atoms with Gasteiger partial charge in [-0.15, -0.1) is 11.8 Å². The lowest BCUT2D eigenvalue weighted by molar-refractivity contribution is 0.104. The molecule has 0 bridgehead atoms. The highest BCUT2D eigenvalue weighted by Crippen LogP contribution is 2.20. The molecule has 1 aliphatic rings. The van der Waals surface area contributed by atoms with E-state index in [1.54, 1.807) is 23.9 Å². The van der Waals surface area contributed by atoms with Crippen molar-refractivity contribution in [2.45, 2.75) is 45.2 Å². The molecule has 0 saturated carbocycles. The molecule has 0 aliphatic carbocycles. The predicted molar refractivity (Wildman–Crippen MR) is 91.5 cm³/mol. The second-order valence-electron chi connectivity index (χ2n) is 5.41. The van der Waals surface area contributed by atoms with Gasteiger partial charge in [0.2, 0.25) is 0 Å². The summed E-state index contributed by atoms with van der Waals surface area (Å²) in [7, 11) is 0. The number of hydrogen-bond acceptors (Lipinski definition) is 3. The van der Waals surface area contributed by atoms with Crippen LogP contribution in [0.2, 0.25) is 0 Å². The van der Waals surface area contributed by atoms with Gasteiger partial charge in [-0.05, 0) is 43.9 Å². The van der Waals surface area contributed by atoms with Gasteiger partial charge in [-0.25, -0.2) is 4.39 Å². The molecule has 0 N–H and O–H groups in total. The third-order valence-corrected chi connectivity index (χ3v) is 4.42. The highest BCUT2D eigenvalue weighted by Gasteiger charge is 2.18. The van der Waals surface area contributed by atoms with E-state index in [0.29, 0.717) is 6.04 Å². The van der Waals surface area contributed by atoms with Crippen molar-refractivity contribution in [1.29, 1.82) is 0 Å². The third kappa shape index (κ3) is 5.97. The van der Waals surface area contributed by atoms with E-state index in [1.807, 2.05) is 20.1 Å². The van der Waals surface area contributed by atoms with Crippen LogP contribution in [0.5, 0.6) is 0 Å². The van der Waals surface area contributed by atoms with Crippen LogP contribution in [-0.2, 0) is 6.54 Å². The summed E-state index contributed by atoms with van der Waals surface area (Å²) in [6.07, 6.45) is 1.99. The zero-order chi connectivity index (χ0) is 15.8. The fourth-order valence-corrected chi connectivity index (χ4v) is 3.03. The smallest absolute Gasteiger partial charge is 0.124 e. The number of thioether (sulfide) groups is 1. The number of nitrogens with zero attached hydrogens (tertiary/aromatic N) is 2. The molecule has 1 saturated heterocycles. The quantitative estimate of drug-likeness (QED) is 0.773. The van der Waals surface area contributed by atoms with E-state index in [-0.39, 0.29) is 5.82 Å². The molecule has 4 heteroatoms. The lowest BCUT2D eigenvalue weighted by Gasteiger charge is -2.37. The summed E-state index contributed by atoms with van der Waals surface area (Å²) >= 11 is 1.60. The van der Waals surface area contributed by atoms with Crippen LogP contribution in [0.1, 0.15) is 33.3 Å². The molecular weight excluding hydrogens is 283 g/mol. The maximum absolute atomic E-state index is 13.5. The Kier molecular flexibility index (Phi) is 8.30. The van der Waals surface area contributed by atoms with Crippen LogP contribution in [0.15, 0.2) is 23.1 Å². The molecule has 0 aromatic heterocycles. The molecule has 0 radical (unpaired) electrons. The second-order valence-corrected chi connectivity index (χ2v) is 6.28. The van der Waals surface area contributed by atoms with E-state index >= 15 is 0 Å². The molecule has 1 aromatic rings. The standard InChI is InChI=1S/C15H23FN2S.C2H6/c1-12(2)18-6-4-17(5-7-18)11-13-8-14(16)10-15(9-13)19-3;1-2/h8-10,12H,4-7,11H2,1-3H3;1-2H3. The Hall–Kier alpha value is -0.580. The lowest BCUT2D eigenvalue weighted by Crippen LogP contribution is -2.48. The number of piperazine rings is 1. The van der Waals surface area contributed by atoms with Gasteiger partial charge in [-0.2, -0.15) is 0 Å². The van der Waals surface area contributed by atoms with Crippen molar-refractivity contribution in [2.75, 3.05) is 32.4 Å². The zero-order valence-corrected chi connectivity index (χ0v) is 14.8. The first-order valence-corrected chi connectivity index (χ1v) is 9.11. The van der Waals surface area contributed by atoms with Crippen LogP contribution in [-0.4, -0.2) is 48.3 Å². The van der Waals surface area contributed by atoms with Crippen LogP contribution < -0.4 is 0 Å². The van der Waals surface area contributed by atoms with Crippen LogP contribution >= 0.6 is 11.8 Å². The van der Waals surface area contributed by atoms with Crippen LogP contribution in [0.4, 0.5) is 4.39 Å². The summed E-state index contributed by atoms with van der Waals surface area (Å²) in [5, 5.41) is 0. The zero-order valence-electron chi connectivity index (χ0n) is 14.0. The molecule has 0 amide bonds. The number of halogens is 1. The van der Waals surface area contributed by atoms with Gasteiger partial charge in [0.15, 0.2) is 0 Å². The molecule has 0 spiro atoms. The van der Waals surface area contributed by atoms with Gasteiger partial charge in [0.1, 0.15) is 5.82 Å². The molecule has 0 atom stereocenters. The van der Waals surface area contributed by atoms with Gasteiger partial charge in [0.05, 0.1) is 0 Å². The van der Waals surface area contributed by atoms with Gasteiger partial charge in [0, 0.05) is 43.7 Å². The van der Waals surface area contributed by atoms with E-state index in [4.69, 9.17) is 0 Å². The summed E-state index contributed by atoms with van der Waals surface area (Å²) < 4.78 is 13.5. The Morgan fingerprint density at radius 2 is 1.71 bits per heavy atom. The lowest BCUT2D eigenvalue weighted by atomic mass is 10.2. The fraction of sp³-hybridized carbons (Fsp3) is 0.647. The monoisotopic (exact) mass is 312 g/mol. The van der Waals surface area contributed by atoms with Gasteiger partial charge in [0.25, 0.3) is 0 Å². The molecule has 1 heterocycles. The minimum Gasteiger partial charge on any atom is -0.298 e. The Bertz CT molecular complexity index is 415. The fourth-order valence-electron chi connectivity index (χ4n) is 2.53. The summed E-state index contributed by atoms with van der Waals surface area (Å²) in [5.74, 6) is -0.123. The van der Waals surface area contributed by atoms with Crippen LogP contribution in [0.25, 0.3) is 0 Å². The van der Waals surface area contributed by atoms with Crippen LogP contribution in [0.3, 0.4) is 0 Å². The van der Waals surface area contributed by atoms with Gasteiger partial charge in [-0.3, -0.25) is 9.80 Å². The van der Waals surface area contributed by atoms with Crippen LogP contribution in [0, 0.1) is 5.82 Å². The second kappa shape index (κ2) is 9.44. The average Bonchev–Trinajstić information content (AvgIpc) is 2.49. The molecule has 1 aliphatic heterocycles. The Morgan fingerprint density at radius 3 is 2.24 bits per heavy atom. The van der Waals surface area contributed by atoms with E-state index < -0.39 is 0 Å². The number of hydrogen-bond donors (Lipinski definition) is 0. The van der Waals surface area contributed by atoms with Crippen molar-refractivity contribution in [2.24, 2.45) is 0 Å². The molecule has 2 nitrogen and oxygen atoms in total. The van der Waals surface area contributed by atoms with Crippen molar-refractivity contribution in [3.05, 3.63) is 29.6 Å². The average molecular weight is 312 g/mol. The first-order chi connectivity index (χ1) is 10.1. The highest BCUT2D eigenvalue weighted by molar-refractivity contribution is 7.98. The minimum absolute atomic E-state index is 0.123. The predicted octanol–water partition coefficient (Wildman–Crippen LogP) is 4.10. The van der Waals surface area contributed by atoms with E-state index in [1.165, 1.54) is 0 Å². The molecule has 120 valence electrons. The molecule has 0 unspecified atom stereocenters.